The van der Waals surface area contributed by atoms with Crippen LogP contribution >= 0.6 is 0 Å². The molecule has 1 N–H and O–H groups in total. The fourth-order valence-electron chi connectivity index (χ4n) is 2.24. The first-order chi connectivity index (χ1) is 8.86. The summed E-state index contributed by atoms with van der Waals surface area (Å²) < 4.78 is 38.9. The Labute approximate surface area is 113 Å². The van der Waals surface area contributed by atoms with Crippen LogP contribution in [0.4, 0.5) is 13.2 Å². The van der Waals surface area contributed by atoms with Crippen molar-refractivity contribution >= 4 is 0 Å². The number of halogens is 3. The molecule has 0 saturated carbocycles. The summed E-state index contributed by atoms with van der Waals surface area (Å²) in [5.74, 6) is 0.579. The standard InChI is InChI=1S/C15H22F3N/c1-11(2)7-6-10-14(19-3)12-8-4-5-9-13(12)15(16,17)18/h4-5,8-9,11,14,19H,6-7,10H2,1-3H3. The smallest absolute Gasteiger partial charge is 0.313 e. The Morgan fingerprint density at radius 3 is 2.26 bits per heavy atom. The zero-order valence-electron chi connectivity index (χ0n) is 11.7. The van der Waals surface area contributed by atoms with Crippen LogP contribution in [-0.4, -0.2) is 7.05 Å². The predicted molar refractivity (Wildman–Crippen MR) is 71.9 cm³/mol. The highest BCUT2D eigenvalue weighted by molar-refractivity contribution is 5.32. The Bertz CT molecular complexity index is 385. The average Bonchev–Trinajstić information content (AvgIpc) is 2.33. The molecule has 0 aliphatic rings. The van der Waals surface area contributed by atoms with Crippen molar-refractivity contribution in [2.45, 2.75) is 45.3 Å². The lowest BCUT2D eigenvalue weighted by Gasteiger charge is -2.21. The summed E-state index contributed by atoms with van der Waals surface area (Å²) in [7, 11) is 1.72. The Balaban J connectivity index is 2.86. The summed E-state index contributed by atoms with van der Waals surface area (Å²) in [6.07, 6.45) is -1.60. The molecular weight excluding hydrogens is 251 g/mol. The second-order valence-electron chi connectivity index (χ2n) is 5.25. The second-order valence-corrected chi connectivity index (χ2v) is 5.25. The minimum atomic E-state index is -4.29. The van der Waals surface area contributed by atoms with Gasteiger partial charge in [0.15, 0.2) is 0 Å². The van der Waals surface area contributed by atoms with Crippen molar-refractivity contribution in [3.05, 3.63) is 35.4 Å². The third-order valence-electron chi connectivity index (χ3n) is 3.26. The Morgan fingerprint density at radius 1 is 1.11 bits per heavy atom. The van der Waals surface area contributed by atoms with Gasteiger partial charge in [-0.2, -0.15) is 13.2 Å². The molecule has 0 fully saturated rings. The molecule has 1 unspecified atom stereocenters. The fraction of sp³-hybridized carbons (Fsp3) is 0.600. The van der Waals surface area contributed by atoms with Gasteiger partial charge in [0.25, 0.3) is 0 Å². The average molecular weight is 273 g/mol. The summed E-state index contributed by atoms with van der Waals surface area (Å²) in [4.78, 5) is 0. The monoisotopic (exact) mass is 273 g/mol. The van der Waals surface area contributed by atoms with Crippen molar-refractivity contribution in [1.29, 1.82) is 0 Å². The van der Waals surface area contributed by atoms with Crippen LogP contribution in [-0.2, 0) is 6.18 Å². The molecule has 108 valence electrons. The van der Waals surface area contributed by atoms with Crippen molar-refractivity contribution in [3.8, 4) is 0 Å². The number of hydrogen-bond donors (Lipinski definition) is 1. The van der Waals surface area contributed by atoms with Gasteiger partial charge in [0.1, 0.15) is 0 Å². The van der Waals surface area contributed by atoms with Gasteiger partial charge in [-0.15, -0.1) is 0 Å². The third-order valence-corrected chi connectivity index (χ3v) is 3.26. The first-order valence-electron chi connectivity index (χ1n) is 6.69. The third kappa shape index (κ3) is 4.86. The summed E-state index contributed by atoms with van der Waals surface area (Å²) in [5.41, 5.74) is -0.180. The Kier molecular flexibility index (Phi) is 5.85. The van der Waals surface area contributed by atoms with E-state index in [1.807, 2.05) is 0 Å². The van der Waals surface area contributed by atoms with Crippen LogP contribution < -0.4 is 5.32 Å². The largest absolute Gasteiger partial charge is 0.416 e. The summed E-state index contributed by atoms with van der Waals surface area (Å²) in [6, 6.07) is 5.59. The number of benzene rings is 1. The molecule has 0 aliphatic carbocycles. The molecular formula is C15H22F3N. The van der Waals surface area contributed by atoms with Crippen molar-refractivity contribution in [1.82, 2.24) is 5.32 Å². The van der Waals surface area contributed by atoms with E-state index in [9.17, 15) is 13.2 Å². The quantitative estimate of drug-likeness (QED) is 0.785. The van der Waals surface area contributed by atoms with Crippen LogP contribution in [0.5, 0.6) is 0 Å². The van der Waals surface area contributed by atoms with Gasteiger partial charge in [0.05, 0.1) is 5.56 Å². The lowest BCUT2D eigenvalue weighted by Crippen LogP contribution is -2.21. The highest BCUT2D eigenvalue weighted by Gasteiger charge is 2.34. The molecule has 0 aliphatic heterocycles. The molecule has 0 spiro atoms. The van der Waals surface area contributed by atoms with Crippen molar-refractivity contribution in [2.75, 3.05) is 7.05 Å². The van der Waals surface area contributed by atoms with Gasteiger partial charge in [-0.3, -0.25) is 0 Å². The van der Waals surface area contributed by atoms with E-state index < -0.39 is 11.7 Å². The summed E-state index contributed by atoms with van der Waals surface area (Å²) in [6.45, 7) is 4.25. The first-order valence-corrected chi connectivity index (χ1v) is 6.69. The zero-order chi connectivity index (χ0) is 14.5. The van der Waals surface area contributed by atoms with E-state index in [4.69, 9.17) is 0 Å². The number of rotatable bonds is 6. The number of alkyl halides is 3. The first kappa shape index (κ1) is 16.0. The van der Waals surface area contributed by atoms with Crippen LogP contribution in [0.15, 0.2) is 24.3 Å². The molecule has 1 nitrogen and oxygen atoms in total. The maximum atomic E-state index is 13.0. The minimum absolute atomic E-state index is 0.239. The molecule has 19 heavy (non-hydrogen) atoms. The maximum Gasteiger partial charge on any atom is 0.416 e. The van der Waals surface area contributed by atoms with Crippen molar-refractivity contribution in [3.63, 3.8) is 0 Å². The molecule has 1 rings (SSSR count). The molecule has 0 heterocycles. The summed E-state index contributed by atoms with van der Waals surface area (Å²) >= 11 is 0. The van der Waals surface area contributed by atoms with E-state index in [0.717, 1.165) is 25.3 Å². The molecule has 0 saturated heterocycles. The normalized spacial score (nSPS) is 13.8. The van der Waals surface area contributed by atoms with Gasteiger partial charge in [0.2, 0.25) is 0 Å². The number of nitrogens with one attached hydrogen (secondary N) is 1. The SMILES string of the molecule is CNC(CCCC(C)C)c1ccccc1C(F)(F)F. The van der Waals surface area contributed by atoms with E-state index in [2.05, 4.69) is 19.2 Å². The Hall–Kier alpha value is -1.03. The molecule has 0 bridgehead atoms. The molecule has 1 aromatic carbocycles. The van der Waals surface area contributed by atoms with Crippen molar-refractivity contribution < 1.29 is 13.2 Å². The highest BCUT2D eigenvalue weighted by Crippen LogP contribution is 2.35. The van der Waals surface area contributed by atoms with Crippen LogP contribution in [0.2, 0.25) is 0 Å². The van der Waals surface area contributed by atoms with Crippen LogP contribution in [0.1, 0.15) is 50.3 Å². The molecule has 0 aromatic heterocycles. The van der Waals surface area contributed by atoms with Gasteiger partial charge >= 0.3 is 6.18 Å². The Morgan fingerprint density at radius 2 is 1.74 bits per heavy atom. The molecule has 1 aromatic rings. The highest BCUT2D eigenvalue weighted by atomic mass is 19.4. The van der Waals surface area contributed by atoms with Crippen LogP contribution in [0.25, 0.3) is 0 Å². The minimum Gasteiger partial charge on any atom is -0.313 e. The molecule has 1 atom stereocenters. The molecule has 0 amide bonds. The van der Waals surface area contributed by atoms with Gasteiger partial charge in [-0.1, -0.05) is 44.9 Å². The molecule has 4 heteroatoms. The van der Waals surface area contributed by atoms with Gasteiger partial charge in [-0.25, -0.2) is 0 Å². The van der Waals surface area contributed by atoms with Gasteiger partial charge in [-0.05, 0) is 31.0 Å². The van der Waals surface area contributed by atoms with Crippen molar-refractivity contribution in [2.24, 2.45) is 5.92 Å². The summed E-state index contributed by atoms with van der Waals surface area (Å²) in [5, 5.41) is 3.00. The van der Waals surface area contributed by atoms with Gasteiger partial charge < -0.3 is 5.32 Å². The lowest BCUT2D eigenvalue weighted by atomic mass is 9.94. The van der Waals surface area contributed by atoms with Gasteiger partial charge in [0, 0.05) is 6.04 Å². The van der Waals surface area contributed by atoms with E-state index in [0.29, 0.717) is 11.5 Å². The van der Waals surface area contributed by atoms with E-state index >= 15 is 0 Å². The van der Waals surface area contributed by atoms with E-state index in [-0.39, 0.29) is 6.04 Å². The second kappa shape index (κ2) is 6.94. The topological polar surface area (TPSA) is 12.0 Å². The van der Waals surface area contributed by atoms with Crippen LogP contribution in [0.3, 0.4) is 0 Å². The van der Waals surface area contributed by atoms with E-state index in [1.54, 1.807) is 19.2 Å². The lowest BCUT2D eigenvalue weighted by molar-refractivity contribution is -0.138. The zero-order valence-corrected chi connectivity index (χ0v) is 11.7. The fourth-order valence-corrected chi connectivity index (χ4v) is 2.24. The van der Waals surface area contributed by atoms with Crippen LogP contribution in [0, 0.1) is 5.92 Å². The molecule has 0 radical (unpaired) electrons. The predicted octanol–water partition coefficient (Wildman–Crippen LogP) is 4.79. The number of hydrogen-bond acceptors (Lipinski definition) is 1. The maximum absolute atomic E-state index is 13.0. The van der Waals surface area contributed by atoms with E-state index in [1.165, 1.54) is 6.07 Å².